The van der Waals surface area contributed by atoms with Crippen LogP contribution in [0, 0.1) is 0 Å². The molecule has 114 valence electrons. The maximum atomic E-state index is 12.8. The minimum absolute atomic E-state index is 0.01000. The van der Waals surface area contributed by atoms with E-state index in [1.165, 1.54) is 11.8 Å². The van der Waals surface area contributed by atoms with Crippen LogP contribution in [0.1, 0.15) is 21.5 Å². The molecule has 1 heterocycles. The van der Waals surface area contributed by atoms with Crippen LogP contribution < -0.4 is 0 Å². The molecule has 6 heteroatoms. The zero-order chi connectivity index (χ0) is 15.7. The van der Waals surface area contributed by atoms with Gasteiger partial charge in [0.25, 0.3) is 0 Å². The van der Waals surface area contributed by atoms with Crippen LogP contribution >= 0.6 is 11.8 Å². The number of carbonyl (C=O) groups is 1. The van der Waals surface area contributed by atoms with Crippen LogP contribution in [-0.2, 0) is 17.2 Å². The van der Waals surface area contributed by atoms with Crippen LogP contribution in [0.5, 0.6) is 0 Å². The first-order valence-electron chi connectivity index (χ1n) is 6.75. The fourth-order valence-corrected chi connectivity index (χ4v) is 4.81. The first-order chi connectivity index (χ1) is 10.6. The lowest BCUT2D eigenvalue weighted by Crippen LogP contribution is -2.14. The minimum atomic E-state index is -1.37. The Hall–Kier alpha value is -1.63. The highest BCUT2D eigenvalue weighted by Gasteiger charge is 2.27. The number of fused-ring (bicyclic) bond motifs is 2. The Kier molecular flexibility index (Phi) is 4.33. The number of carboxylic acid groups (broad SMARTS) is 1. The number of aromatic carboxylic acids is 1. The number of rotatable bonds is 4. The van der Waals surface area contributed by atoms with Crippen LogP contribution in [0.3, 0.4) is 0 Å². The molecule has 2 aromatic carbocycles. The number of aliphatic hydroxyl groups is 1. The standard InChI is InChI=1S/C16H14O4S2/c17-5-6-21-11-8-13(16(18)19)12-7-10-3-1-2-4-14(10)22(20)15(12)9-11/h1-4,8-9,17H,5-7H2,(H,18,19). The second kappa shape index (κ2) is 6.24. The summed E-state index contributed by atoms with van der Waals surface area (Å²) < 4.78 is 12.8. The number of hydrogen-bond donors (Lipinski definition) is 2. The van der Waals surface area contributed by atoms with Gasteiger partial charge in [0.05, 0.1) is 23.0 Å². The first-order valence-corrected chi connectivity index (χ1v) is 8.89. The highest BCUT2D eigenvalue weighted by atomic mass is 32.2. The van der Waals surface area contributed by atoms with E-state index in [-0.39, 0.29) is 12.2 Å². The van der Waals surface area contributed by atoms with Gasteiger partial charge in [-0.3, -0.25) is 0 Å². The van der Waals surface area contributed by atoms with Gasteiger partial charge in [-0.2, -0.15) is 0 Å². The molecule has 3 rings (SSSR count). The van der Waals surface area contributed by atoms with E-state index in [4.69, 9.17) is 5.11 Å². The van der Waals surface area contributed by atoms with Gasteiger partial charge in [-0.15, -0.1) is 11.8 Å². The van der Waals surface area contributed by atoms with E-state index in [9.17, 15) is 14.1 Å². The Balaban J connectivity index is 2.15. The van der Waals surface area contributed by atoms with Crippen molar-refractivity contribution in [3.63, 3.8) is 0 Å². The molecule has 0 aromatic heterocycles. The second-order valence-corrected chi connectivity index (χ2v) is 7.46. The highest BCUT2D eigenvalue weighted by Crippen LogP contribution is 2.36. The SMILES string of the molecule is O=C(O)c1cc(SCCO)cc2c1Cc1ccccc1S2=O. The summed E-state index contributed by atoms with van der Waals surface area (Å²) in [6.45, 7) is 0.01000. The average Bonchev–Trinajstić information content (AvgIpc) is 2.53. The third-order valence-corrected chi connectivity index (χ3v) is 6.03. The third kappa shape index (κ3) is 2.69. The molecule has 0 spiro atoms. The van der Waals surface area contributed by atoms with Crippen LogP contribution in [-0.4, -0.2) is 32.8 Å². The molecule has 1 aliphatic heterocycles. The van der Waals surface area contributed by atoms with E-state index in [0.29, 0.717) is 22.6 Å². The molecule has 1 aliphatic rings. The Labute approximate surface area is 134 Å². The number of hydrogen-bond acceptors (Lipinski definition) is 4. The van der Waals surface area contributed by atoms with E-state index in [1.807, 2.05) is 24.3 Å². The van der Waals surface area contributed by atoms with Gasteiger partial charge in [0, 0.05) is 26.9 Å². The monoisotopic (exact) mass is 334 g/mol. The van der Waals surface area contributed by atoms with Crippen molar-refractivity contribution in [1.29, 1.82) is 0 Å². The summed E-state index contributed by atoms with van der Waals surface area (Å²) >= 11 is 1.36. The van der Waals surface area contributed by atoms with Crippen molar-refractivity contribution in [2.75, 3.05) is 12.4 Å². The van der Waals surface area contributed by atoms with Gasteiger partial charge in [-0.05, 0) is 29.3 Å². The normalized spacial score (nSPS) is 16.0. The molecule has 4 nitrogen and oxygen atoms in total. The molecule has 0 aliphatic carbocycles. The summed E-state index contributed by atoms with van der Waals surface area (Å²) in [5, 5.41) is 18.4. The molecule has 0 amide bonds. The summed E-state index contributed by atoms with van der Waals surface area (Å²) in [6.07, 6.45) is 0.476. The van der Waals surface area contributed by atoms with Crippen LogP contribution in [0.15, 0.2) is 51.1 Å². The maximum Gasteiger partial charge on any atom is 0.336 e. The largest absolute Gasteiger partial charge is 0.478 e. The minimum Gasteiger partial charge on any atom is -0.478 e. The predicted octanol–water partition coefficient (Wildman–Crippen LogP) is 2.54. The van der Waals surface area contributed by atoms with Crippen molar-refractivity contribution < 1.29 is 19.2 Å². The summed E-state index contributed by atoms with van der Waals surface area (Å²) in [5.41, 5.74) is 1.73. The first kappa shape index (κ1) is 15.3. The summed E-state index contributed by atoms with van der Waals surface area (Å²) in [5.74, 6) is -0.541. The van der Waals surface area contributed by atoms with E-state index in [2.05, 4.69) is 0 Å². The molecule has 0 saturated heterocycles. The lowest BCUT2D eigenvalue weighted by atomic mass is 9.99. The summed E-state index contributed by atoms with van der Waals surface area (Å²) in [6, 6.07) is 10.8. The number of aliphatic hydroxyl groups excluding tert-OH is 1. The zero-order valence-corrected chi connectivity index (χ0v) is 13.2. The topological polar surface area (TPSA) is 74.6 Å². The van der Waals surface area contributed by atoms with Gasteiger partial charge >= 0.3 is 5.97 Å². The van der Waals surface area contributed by atoms with Crippen molar-refractivity contribution >= 4 is 28.5 Å². The van der Waals surface area contributed by atoms with Crippen molar-refractivity contribution in [1.82, 2.24) is 0 Å². The fraction of sp³-hybridized carbons (Fsp3) is 0.188. The van der Waals surface area contributed by atoms with E-state index in [0.717, 1.165) is 15.4 Å². The average molecular weight is 334 g/mol. The Morgan fingerprint density at radius 1 is 1.23 bits per heavy atom. The zero-order valence-electron chi connectivity index (χ0n) is 11.6. The third-order valence-electron chi connectivity index (χ3n) is 3.51. The molecule has 1 unspecified atom stereocenters. The smallest absolute Gasteiger partial charge is 0.336 e. The van der Waals surface area contributed by atoms with Crippen LogP contribution in [0.2, 0.25) is 0 Å². The fourth-order valence-electron chi connectivity index (χ4n) is 2.55. The number of benzene rings is 2. The van der Waals surface area contributed by atoms with Crippen LogP contribution in [0.25, 0.3) is 0 Å². The Bertz CT molecular complexity index is 771. The molecule has 22 heavy (non-hydrogen) atoms. The van der Waals surface area contributed by atoms with Crippen molar-refractivity contribution in [2.45, 2.75) is 21.1 Å². The Morgan fingerprint density at radius 3 is 2.73 bits per heavy atom. The highest BCUT2D eigenvalue weighted by molar-refractivity contribution is 7.99. The maximum absolute atomic E-state index is 12.8. The molecule has 0 bridgehead atoms. The summed E-state index contributed by atoms with van der Waals surface area (Å²) in [7, 11) is -1.37. The van der Waals surface area contributed by atoms with Crippen molar-refractivity contribution in [3.8, 4) is 0 Å². The molecular formula is C16H14O4S2. The molecule has 0 radical (unpaired) electrons. The van der Waals surface area contributed by atoms with Crippen molar-refractivity contribution in [2.24, 2.45) is 0 Å². The predicted molar refractivity (Wildman–Crippen MR) is 85.1 cm³/mol. The molecular weight excluding hydrogens is 320 g/mol. The van der Waals surface area contributed by atoms with Gasteiger partial charge in [0.15, 0.2) is 0 Å². The molecule has 2 N–H and O–H groups in total. The quantitative estimate of drug-likeness (QED) is 0.717. The molecule has 2 aromatic rings. The Morgan fingerprint density at radius 2 is 2.00 bits per heavy atom. The lowest BCUT2D eigenvalue weighted by molar-refractivity contribution is 0.0695. The van der Waals surface area contributed by atoms with Gasteiger partial charge in [-0.25, -0.2) is 9.00 Å². The van der Waals surface area contributed by atoms with Gasteiger partial charge in [0.1, 0.15) is 0 Å². The van der Waals surface area contributed by atoms with E-state index in [1.54, 1.807) is 12.1 Å². The molecule has 1 atom stereocenters. The van der Waals surface area contributed by atoms with Gasteiger partial charge in [0.2, 0.25) is 0 Å². The second-order valence-electron chi connectivity index (χ2n) is 4.88. The number of thioether (sulfide) groups is 1. The summed E-state index contributed by atoms with van der Waals surface area (Å²) in [4.78, 5) is 13.6. The lowest BCUT2D eigenvalue weighted by Gasteiger charge is -2.21. The van der Waals surface area contributed by atoms with E-state index >= 15 is 0 Å². The van der Waals surface area contributed by atoms with Crippen LogP contribution in [0.4, 0.5) is 0 Å². The van der Waals surface area contributed by atoms with Crippen molar-refractivity contribution in [3.05, 3.63) is 53.1 Å². The van der Waals surface area contributed by atoms with Gasteiger partial charge < -0.3 is 10.2 Å². The molecule has 0 saturated carbocycles. The van der Waals surface area contributed by atoms with Gasteiger partial charge in [-0.1, -0.05) is 18.2 Å². The number of carboxylic acids is 1. The molecule has 0 fully saturated rings. The van der Waals surface area contributed by atoms with E-state index < -0.39 is 16.8 Å².